The second-order valence-electron chi connectivity index (χ2n) is 5.03. The van der Waals surface area contributed by atoms with Crippen LogP contribution in [0.5, 0.6) is 0 Å². The number of nitrogens with zero attached hydrogens (tertiary/aromatic N) is 3. The lowest BCUT2D eigenvalue weighted by Crippen LogP contribution is -2.39. The van der Waals surface area contributed by atoms with Crippen molar-refractivity contribution in [1.29, 1.82) is 0 Å². The van der Waals surface area contributed by atoms with Crippen LogP contribution in [0.15, 0.2) is 41.7 Å². The molecule has 0 saturated carbocycles. The first-order valence-corrected chi connectivity index (χ1v) is 7.55. The van der Waals surface area contributed by atoms with Crippen LogP contribution in [0.1, 0.15) is 12.0 Å². The largest absolute Gasteiger partial charge is 0.356 e. The minimum Gasteiger partial charge on any atom is -0.356 e. The summed E-state index contributed by atoms with van der Waals surface area (Å²) in [5.74, 6) is -0.180. The van der Waals surface area contributed by atoms with Crippen molar-refractivity contribution in [3.8, 4) is 0 Å². The van der Waals surface area contributed by atoms with Gasteiger partial charge < -0.3 is 10.6 Å². The van der Waals surface area contributed by atoms with Gasteiger partial charge in [0.25, 0.3) is 0 Å². The summed E-state index contributed by atoms with van der Waals surface area (Å²) in [7, 11) is 1.67. The van der Waals surface area contributed by atoms with Crippen LogP contribution in [0.2, 0.25) is 0 Å². The average Bonchev–Trinajstić information content (AvgIpc) is 3.06. The molecule has 0 aliphatic heterocycles. The Morgan fingerprint density at radius 3 is 2.75 bits per heavy atom. The number of hydrogen-bond donors (Lipinski definition) is 2. The summed E-state index contributed by atoms with van der Waals surface area (Å²) in [6.45, 7) is 2.04. The van der Waals surface area contributed by atoms with Gasteiger partial charge >= 0.3 is 0 Å². The molecule has 2 N–H and O–H groups in total. The second-order valence-corrected chi connectivity index (χ2v) is 5.03. The Labute approximate surface area is 157 Å². The van der Waals surface area contributed by atoms with E-state index < -0.39 is 11.6 Å². The number of benzene rings is 1. The normalized spacial score (nSPS) is 11.0. The molecule has 0 fully saturated rings. The molecular weight excluding hydrogens is 427 g/mol. The summed E-state index contributed by atoms with van der Waals surface area (Å²) in [6, 6.07) is 5.37. The van der Waals surface area contributed by atoms with E-state index in [-0.39, 0.29) is 24.0 Å². The lowest BCUT2D eigenvalue weighted by molar-refractivity contribution is 0.569. The highest BCUT2D eigenvalue weighted by Crippen LogP contribution is 2.09. The summed E-state index contributed by atoms with van der Waals surface area (Å²) in [4.78, 5) is 4.10. The van der Waals surface area contributed by atoms with Crippen molar-refractivity contribution in [2.75, 3.05) is 20.1 Å². The van der Waals surface area contributed by atoms with Crippen molar-refractivity contribution in [2.45, 2.75) is 19.4 Å². The van der Waals surface area contributed by atoms with E-state index in [1.165, 1.54) is 6.07 Å². The lowest BCUT2D eigenvalue weighted by Gasteiger charge is -2.12. The fourth-order valence-corrected chi connectivity index (χ4v) is 2.15. The third kappa shape index (κ3) is 6.81. The zero-order chi connectivity index (χ0) is 16.5. The van der Waals surface area contributed by atoms with Crippen LogP contribution in [0.25, 0.3) is 0 Å². The molecule has 2 aromatic rings. The van der Waals surface area contributed by atoms with E-state index in [9.17, 15) is 8.78 Å². The number of halogens is 3. The Bertz CT molecular complexity index is 631. The molecule has 0 unspecified atom stereocenters. The van der Waals surface area contributed by atoms with Gasteiger partial charge in [0.2, 0.25) is 0 Å². The molecule has 1 aromatic heterocycles. The van der Waals surface area contributed by atoms with Crippen LogP contribution in [-0.2, 0) is 13.0 Å². The summed E-state index contributed by atoms with van der Waals surface area (Å²) in [6.07, 6.45) is 4.96. The zero-order valence-electron chi connectivity index (χ0n) is 13.5. The lowest BCUT2D eigenvalue weighted by atomic mass is 10.1. The summed E-state index contributed by atoms with van der Waals surface area (Å²) < 4.78 is 28.5. The summed E-state index contributed by atoms with van der Waals surface area (Å²) in [5, 5.41) is 10.4. The summed E-state index contributed by atoms with van der Waals surface area (Å²) >= 11 is 0. The molecule has 5 nitrogen and oxygen atoms in total. The number of aryl methyl sites for hydroxylation is 1. The highest BCUT2D eigenvalue weighted by atomic mass is 127. The third-order valence-electron chi connectivity index (χ3n) is 3.33. The van der Waals surface area contributed by atoms with Gasteiger partial charge in [0.15, 0.2) is 5.96 Å². The topological polar surface area (TPSA) is 54.2 Å². The van der Waals surface area contributed by atoms with Crippen LogP contribution < -0.4 is 10.6 Å². The predicted octanol–water partition coefficient (Wildman–Crippen LogP) is 2.58. The maximum Gasteiger partial charge on any atom is 0.190 e. The third-order valence-corrected chi connectivity index (χ3v) is 3.33. The van der Waals surface area contributed by atoms with Crippen LogP contribution in [-0.4, -0.2) is 35.9 Å². The molecule has 0 spiro atoms. The second kappa shape index (κ2) is 11.0. The Morgan fingerprint density at radius 2 is 2.04 bits per heavy atom. The minimum absolute atomic E-state index is 0. The first kappa shape index (κ1) is 20.3. The van der Waals surface area contributed by atoms with Gasteiger partial charge in [0.1, 0.15) is 11.6 Å². The Hall–Kier alpha value is -1.71. The maximum atomic E-state index is 13.5. The minimum atomic E-state index is -0.428. The van der Waals surface area contributed by atoms with Crippen molar-refractivity contribution in [2.24, 2.45) is 4.99 Å². The molecule has 0 amide bonds. The van der Waals surface area contributed by atoms with Gasteiger partial charge in [-0.25, -0.2) is 8.78 Å². The van der Waals surface area contributed by atoms with Crippen LogP contribution in [0.4, 0.5) is 8.78 Å². The molecule has 1 aromatic carbocycles. The number of rotatable bonds is 7. The molecule has 0 bridgehead atoms. The molecule has 0 aliphatic carbocycles. The van der Waals surface area contributed by atoms with Gasteiger partial charge in [-0.2, -0.15) is 5.10 Å². The smallest absolute Gasteiger partial charge is 0.190 e. The van der Waals surface area contributed by atoms with E-state index in [2.05, 4.69) is 20.7 Å². The van der Waals surface area contributed by atoms with Gasteiger partial charge in [0.05, 0.1) is 0 Å². The highest BCUT2D eigenvalue weighted by molar-refractivity contribution is 14.0. The van der Waals surface area contributed by atoms with Crippen LogP contribution >= 0.6 is 24.0 Å². The number of nitrogens with one attached hydrogen (secondary N) is 2. The number of aliphatic imine (C=N–C) groups is 1. The van der Waals surface area contributed by atoms with Crippen molar-refractivity contribution >= 4 is 29.9 Å². The molecule has 24 heavy (non-hydrogen) atoms. The first-order valence-electron chi connectivity index (χ1n) is 7.55. The van der Waals surface area contributed by atoms with E-state index in [4.69, 9.17) is 0 Å². The molecule has 0 radical (unpaired) electrons. The fourth-order valence-electron chi connectivity index (χ4n) is 2.15. The van der Waals surface area contributed by atoms with Crippen molar-refractivity contribution < 1.29 is 8.78 Å². The van der Waals surface area contributed by atoms with Crippen molar-refractivity contribution in [3.05, 3.63) is 53.9 Å². The Morgan fingerprint density at radius 1 is 1.25 bits per heavy atom. The standard InChI is InChI=1S/C16H21F2N5.HI/c1-19-16(20-7-2-10-23-11-3-8-22-23)21-9-6-13-12-14(17)4-5-15(13)18;/h3-5,8,11-12H,2,6-7,9-10H2,1H3,(H2,19,20,21);1H. The van der Waals surface area contributed by atoms with Gasteiger partial charge in [-0.1, -0.05) is 0 Å². The monoisotopic (exact) mass is 449 g/mol. The molecule has 132 valence electrons. The molecular formula is C16H22F2IN5. The highest BCUT2D eigenvalue weighted by Gasteiger charge is 2.04. The number of hydrogen-bond acceptors (Lipinski definition) is 2. The van der Waals surface area contributed by atoms with Gasteiger partial charge in [-0.15, -0.1) is 24.0 Å². The molecule has 0 atom stereocenters. The number of guanidine groups is 1. The van der Waals surface area contributed by atoms with Crippen molar-refractivity contribution in [3.63, 3.8) is 0 Å². The quantitative estimate of drug-likeness (QED) is 0.296. The van der Waals surface area contributed by atoms with Crippen LogP contribution in [0.3, 0.4) is 0 Å². The van der Waals surface area contributed by atoms with E-state index in [0.717, 1.165) is 31.6 Å². The summed E-state index contributed by atoms with van der Waals surface area (Å²) in [5.41, 5.74) is 0.353. The Kier molecular flexibility index (Phi) is 9.28. The van der Waals surface area contributed by atoms with Crippen LogP contribution in [0, 0.1) is 11.6 Å². The average molecular weight is 449 g/mol. The van der Waals surface area contributed by atoms with Gasteiger partial charge in [0, 0.05) is 39.1 Å². The molecule has 0 aliphatic rings. The maximum absolute atomic E-state index is 13.5. The SMILES string of the molecule is CN=C(NCCCn1cccn1)NCCc1cc(F)ccc1F.I. The molecule has 1 heterocycles. The number of aromatic nitrogens is 2. The predicted molar refractivity (Wildman–Crippen MR) is 102 cm³/mol. The molecule has 2 rings (SSSR count). The van der Waals surface area contributed by atoms with E-state index in [0.29, 0.717) is 24.5 Å². The molecule has 0 saturated heterocycles. The van der Waals surface area contributed by atoms with E-state index in [1.54, 1.807) is 13.2 Å². The first-order chi connectivity index (χ1) is 11.2. The fraction of sp³-hybridized carbons (Fsp3) is 0.375. The van der Waals surface area contributed by atoms with Gasteiger partial charge in [-0.3, -0.25) is 9.67 Å². The van der Waals surface area contributed by atoms with E-state index in [1.807, 2.05) is 16.9 Å². The zero-order valence-corrected chi connectivity index (χ0v) is 15.8. The van der Waals surface area contributed by atoms with Gasteiger partial charge in [-0.05, 0) is 42.7 Å². The molecule has 8 heteroatoms. The van der Waals surface area contributed by atoms with Crippen molar-refractivity contribution in [1.82, 2.24) is 20.4 Å². The van der Waals surface area contributed by atoms with E-state index >= 15 is 0 Å². The Balaban J connectivity index is 0.00000288.